The predicted octanol–water partition coefficient (Wildman–Crippen LogP) is 4.06. The molecule has 1 fully saturated rings. The van der Waals surface area contributed by atoms with E-state index in [4.69, 9.17) is 16.3 Å². The van der Waals surface area contributed by atoms with E-state index in [0.717, 1.165) is 29.7 Å². The van der Waals surface area contributed by atoms with Gasteiger partial charge in [-0.3, -0.25) is 4.79 Å². The molecule has 1 aliphatic heterocycles. The standard InChI is InChI=1S/C20H22BrClN2O2/c21-19-9-17(22)5-4-16(19)13-26-18-3-1-2-15(8-18)20(25)12-24-11-14-6-7-23-10-14/h1-5,8-9,14,23-24H,6-7,10-13H2. The maximum Gasteiger partial charge on any atom is 0.176 e. The van der Waals surface area contributed by atoms with Gasteiger partial charge in [0.05, 0.1) is 6.54 Å². The molecule has 0 spiro atoms. The van der Waals surface area contributed by atoms with Gasteiger partial charge in [0.25, 0.3) is 0 Å². The Labute approximate surface area is 167 Å². The average molecular weight is 438 g/mol. The van der Waals surface area contributed by atoms with Crippen LogP contribution in [-0.4, -0.2) is 32.0 Å². The van der Waals surface area contributed by atoms with Gasteiger partial charge in [0.1, 0.15) is 12.4 Å². The van der Waals surface area contributed by atoms with Gasteiger partial charge in [0.15, 0.2) is 5.78 Å². The Morgan fingerprint density at radius 3 is 2.96 bits per heavy atom. The van der Waals surface area contributed by atoms with Crippen molar-refractivity contribution in [3.8, 4) is 5.75 Å². The van der Waals surface area contributed by atoms with E-state index in [-0.39, 0.29) is 5.78 Å². The summed E-state index contributed by atoms with van der Waals surface area (Å²) in [5, 5.41) is 7.27. The van der Waals surface area contributed by atoms with Gasteiger partial charge < -0.3 is 15.4 Å². The number of rotatable bonds is 8. The fourth-order valence-corrected chi connectivity index (χ4v) is 3.74. The number of hydrogen-bond acceptors (Lipinski definition) is 4. The molecular weight excluding hydrogens is 416 g/mol. The lowest BCUT2D eigenvalue weighted by atomic mass is 10.1. The molecule has 0 radical (unpaired) electrons. The highest BCUT2D eigenvalue weighted by atomic mass is 79.9. The van der Waals surface area contributed by atoms with Crippen LogP contribution in [0.4, 0.5) is 0 Å². The first-order valence-electron chi connectivity index (χ1n) is 8.73. The van der Waals surface area contributed by atoms with Crippen molar-refractivity contribution in [1.29, 1.82) is 0 Å². The van der Waals surface area contributed by atoms with Crippen LogP contribution in [0.15, 0.2) is 46.9 Å². The Balaban J connectivity index is 1.52. The quantitative estimate of drug-likeness (QED) is 0.612. The van der Waals surface area contributed by atoms with Crippen LogP contribution >= 0.6 is 27.5 Å². The molecule has 0 saturated carbocycles. The molecule has 2 aromatic carbocycles. The van der Waals surface area contributed by atoms with Gasteiger partial charge in [-0.15, -0.1) is 0 Å². The van der Waals surface area contributed by atoms with E-state index >= 15 is 0 Å². The van der Waals surface area contributed by atoms with Crippen molar-refractivity contribution in [2.24, 2.45) is 5.92 Å². The molecule has 2 N–H and O–H groups in total. The minimum absolute atomic E-state index is 0.0779. The monoisotopic (exact) mass is 436 g/mol. The molecule has 0 aromatic heterocycles. The molecule has 0 aliphatic carbocycles. The highest BCUT2D eigenvalue weighted by Crippen LogP contribution is 2.23. The van der Waals surface area contributed by atoms with Gasteiger partial charge in [-0.2, -0.15) is 0 Å². The van der Waals surface area contributed by atoms with Crippen molar-refractivity contribution in [3.63, 3.8) is 0 Å². The first-order chi connectivity index (χ1) is 12.6. The fraction of sp³-hybridized carbons (Fsp3) is 0.350. The van der Waals surface area contributed by atoms with Crippen LogP contribution in [0.25, 0.3) is 0 Å². The number of ether oxygens (including phenoxy) is 1. The summed E-state index contributed by atoms with van der Waals surface area (Å²) in [6, 6.07) is 12.9. The summed E-state index contributed by atoms with van der Waals surface area (Å²) in [5.41, 5.74) is 1.66. The van der Waals surface area contributed by atoms with E-state index in [2.05, 4.69) is 26.6 Å². The number of Topliss-reactive ketones (excluding diaryl/α,β-unsaturated/α-hetero) is 1. The maximum absolute atomic E-state index is 12.4. The van der Waals surface area contributed by atoms with E-state index in [1.807, 2.05) is 36.4 Å². The lowest BCUT2D eigenvalue weighted by Gasteiger charge is -2.11. The summed E-state index contributed by atoms with van der Waals surface area (Å²) < 4.78 is 6.74. The van der Waals surface area contributed by atoms with Crippen molar-refractivity contribution in [2.45, 2.75) is 13.0 Å². The van der Waals surface area contributed by atoms with Gasteiger partial charge in [0, 0.05) is 20.6 Å². The van der Waals surface area contributed by atoms with Gasteiger partial charge in [-0.1, -0.05) is 45.7 Å². The van der Waals surface area contributed by atoms with Crippen molar-refractivity contribution < 1.29 is 9.53 Å². The van der Waals surface area contributed by atoms with Crippen molar-refractivity contribution >= 4 is 33.3 Å². The highest BCUT2D eigenvalue weighted by molar-refractivity contribution is 9.10. The zero-order chi connectivity index (χ0) is 18.4. The van der Waals surface area contributed by atoms with Gasteiger partial charge >= 0.3 is 0 Å². The molecule has 1 saturated heterocycles. The van der Waals surface area contributed by atoms with Crippen LogP contribution in [0.1, 0.15) is 22.3 Å². The number of ketones is 1. The molecule has 1 aliphatic rings. The SMILES string of the molecule is O=C(CNCC1CCNC1)c1cccc(OCc2ccc(Cl)cc2Br)c1. The molecule has 26 heavy (non-hydrogen) atoms. The predicted molar refractivity (Wildman–Crippen MR) is 108 cm³/mol. The van der Waals surface area contributed by atoms with E-state index in [9.17, 15) is 4.79 Å². The van der Waals surface area contributed by atoms with Crippen LogP contribution in [0.3, 0.4) is 0 Å². The first kappa shape index (κ1) is 19.4. The fourth-order valence-electron chi connectivity index (χ4n) is 2.94. The van der Waals surface area contributed by atoms with Crippen LogP contribution in [0.2, 0.25) is 5.02 Å². The zero-order valence-electron chi connectivity index (χ0n) is 14.4. The Bertz CT molecular complexity index is 763. The van der Waals surface area contributed by atoms with Crippen molar-refractivity contribution in [2.75, 3.05) is 26.2 Å². The Hall–Kier alpha value is -1.40. The average Bonchev–Trinajstić information content (AvgIpc) is 3.14. The summed E-state index contributed by atoms with van der Waals surface area (Å²) in [7, 11) is 0. The molecular formula is C20H22BrClN2O2. The van der Waals surface area contributed by atoms with E-state index in [1.54, 1.807) is 6.07 Å². The van der Waals surface area contributed by atoms with Crippen LogP contribution in [0, 0.1) is 5.92 Å². The molecule has 0 bridgehead atoms. The van der Waals surface area contributed by atoms with E-state index in [1.165, 1.54) is 6.42 Å². The van der Waals surface area contributed by atoms with Gasteiger partial charge in [0.2, 0.25) is 0 Å². The summed E-state index contributed by atoms with van der Waals surface area (Å²) >= 11 is 9.44. The summed E-state index contributed by atoms with van der Waals surface area (Å²) in [5.74, 6) is 1.38. The molecule has 6 heteroatoms. The molecule has 3 rings (SSSR count). The zero-order valence-corrected chi connectivity index (χ0v) is 16.8. The van der Waals surface area contributed by atoms with Crippen molar-refractivity contribution in [3.05, 3.63) is 63.1 Å². The van der Waals surface area contributed by atoms with Crippen LogP contribution < -0.4 is 15.4 Å². The minimum atomic E-state index is 0.0779. The molecule has 2 aromatic rings. The van der Waals surface area contributed by atoms with Crippen molar-refractivity contribution in [1.82, 2.24) is 10.6 Å². The second-order valence-corrected chi connectivity index (χ2v) is 7.76. The molecule has 4 nitrogen and oxygen atoms in total. The second-order valence-electron chi connectivity index (χ2n) is 6.47. The van der Waals surface area contributed by atoms with Crippen LogP contribution in [-0.2, 0) is 6.61 Å². The molecule has 1 unspecified atom stereocenters. The lowest BCUT2D eigenvalue weighted by molar-refractivity contribution is 0.0989. The third kappa shape index (κ3) is 5.55. The largest absolute Gasteiger partial charge is 0.489 e. The first-order valence-corrected chi connectivity index (χ1v) is 9.90. The second kappa shape index (κ2) is 9.51. The molecule has 1 atom stereocenters. The number of carbonyl (C=O) groups is 1. The van der Waals surface area contributed by atoms with Gasteiger partial charge in [-0.25, -0.2) is 0 Å². The Morgan fingerprint density at radius 2 is 2.19 bits per heavy atom. The lowest BCUT2D eigenvalue weighted by Crippen LogP contribution is -2.29. The Kier molecular flexibility index (Phi) is 7.08. The highest BCUT2D eigenvalue weighted by Gasteiger charge is 2.14. The topological polar surface area (TPSA) is 50.4 Å². The maximum atomic E-state index is 12.4. The minimum Gasteiger partial charge on any atom is -0.489 e. The third-order valence-electron chi connectivity index (χ3n) is 4.45. The number of nitrogens with one attached hydrogen (secondary N) is 2. The van der Waals surface area contributed by atoms with Gasteiger partial charge in [-0.05, 0) is 56.2 Å². The van der Waals surface area contributed by atoms with Crippen LogP contribution in [0.5, 0.6) is 5.75 Å². The number of hydrogen-bond donors (Lipinski definition) is 2. The normalized spacial score (nSPS) is 16.6. The Morgan fingerprint density at radius 1 is 1.31 bits per heavy atom. The number of benzene rings is 2. The summed E-state index contributed by atoms with van der Waals surface area (Å²) in [6.07, 6.45) is 1.17. The smallest absolute Gasteiger partial charge is 0.176 e. The molecule has 138 valence electrons. The van der Waals surface area contributed by atoms with E-state index in [0.29, 0.717) is 35.4 Å². The van der Waals surface area contributed by atoms with E-state index < -0.39 is 0 Å². The number of carbonyl (C=O) groups excluding carboxylic acids is 1. The molecule has 1 heterocycles. The third-order valence-corrected chi connectivity index (χ3v) is 5.42. The summed E-state index contributed by atoms with van der Waals surface area (Å²) in [6.45, 7) is 3.73. The summed E-state index contributed by atoms with van der Waals surface area (Å²) in [4.78, 5) is 12.4. The molecule has 0 amide bonds. The number of halogens is 2.